The highest BCUT2D eigenvalue weighted by molar-refractivity contribution is 7.95. The van der Waals surface area contributed by atoms with Crippen LogP contribution in [0.15, 0.2) is 260 Å². The normalized spacial score (nSPS) is 19.6. The topological polar surface area (TPSA) is 54.4 Å². The average molecular weight is 999 g/mol. The van der Waals surface area contributed by atoms with Gasteiger partial charge in [-0.1, -0.05) is 203 Å². The third-order valence-corrected chi connectivity index (χ3v) is 26.4. The van der Waals surface area contributed by atoms with Crippen molar-refractivity contribution in [3.8, 4) is 0 Å². The van der Waals surface area contributed by atoms with Crippen LogP contribution in [0.2, 0.25) is 0 Å². The van der Waals surface area contributed by atoms with E-state index < -0.39 is 40.9 Å². The lowest BCUT2D eigenvalue weighted by molar-refractivity contribution is 0.137. The minimum atomic E-state index is -4.39. The fraction of sp³-hybridized carbons (Fsp3) is 0.182. The molecule has 0 saturated heterocycles. The van der Waals surface area contributed by atoms with Crippen LogP contribution in [0.4, 0.5) is 0 Å². The second-order valence-corrected chi connectivity index (χ2v) is 28.7. The second kappa shape index (κ2) is 20.3. The zero-order valence-electron chi connectivity index (χ0n) is 41.6. The van der Waals surface area contributed by atoms with Gasteiger partial charge in [-0.3, -0.25) is 4.55 Å². The molecular weight excluding hydrogens is 935 g/mol. The Hall–Kier alpha value is -6.25. The van der Waals surface area contributed by atoms with Gasteiger partial charge in [0, 0.05) is 16.2 Å². The molecule has 0 heterocycles. The Morgan fingerprint density at radius 2 is 0.611 bits per heavy atom. The molecule has 1 fully saturated rings. The number of hydrogen-bond acceptors (Lipinski definition) is 2. The van der Waals surface area contributed by atoms with Crippen LogP contribution in [-0.2, 0) is 38.7 Å². The summed E-state index contributed by atoms with van der Waals surface area (Å²) in [5.74, 6) is 0. The van der Waals surface area contributed by atoms with Crippen molar-refractivity contribution in [3.63, 3.8) is 0 Å². The maximum atomic E-state index is 12.5. The van der Waals surface area contributed by atoms with Gasteiger partial charge < -0.3 is 0 Å². The lowest BCUT2D eigenvalue weighted by Gasteiger charge is -2.57. The molecule has 0 radical (unpaired) electrons. The third-order valence-electron chi connectivity index (χ3n) is 16.7. The first kappa shape index (κ1) is 49.3. The average Bonchev–Trinajstić information content (AvgIpc) is 3.54. The summed E-state index contributed by atoms with van der Waals surface area (Å²) in [6.45, 7) is 7.32. The van der Waals surface area contributed by atoms with E-state index in [1.807, 2.05) is 12.1 Å². The Bertz CT molecular complexity index is 2940. The van der Waals surface area contributed by atoms with Crippen molar-refractivity contribution in [2.75, 3.05) is 0 Å². The van der Waals surface area contributed by atoms with E-state index in [4.69, 9.17) is 0 Å². The summed E-state index contributed by atoms with van der Waals surface area (Å²) in [6, 6.07) is 92.7. The van der Waals surface area contributed by atoms with E-state index in [2.05, 4.69) is 251 Å². The van der Waals surface area contributed by atoms with E-state index in [0.29, 0.717) is 0 Å². The fourth-order valence-corrected chi connectivity index (χ4v) is 21.5. The largest absolute Gasteiger partial charge is 0.294 e. The van der Waals surface area contributed by atoms with Gasteiger partial charge in [0.05, 0.1) is 17.2 Å². The summed E-state index contributed by atoms with van der Waals surface area (Å²) < 4.78 is 35.2. The van der Waals surface area contributed by atoms with Crippen LogP contribution in [0.25, 0.3) is 0 Å². The molecule has 72 heavy (non-hydrogen) atoms. The van der Waals surface area contributed by atoms with E-state index in [1.165, 1.54) is 54.1 Å². The summed E-state index contributed by atoms with van der Waals surface area (Å²) >= 11 is 0. The highest BCUT2D eigenvalue weighted by atomic mass is 32.2. The van der Waals surface area contributed by atoms with Crippen molar-refractivity contribution in [1.82, 2.24) is 0 Å². The predicted molar refractivity (Wildman–Crippen MR) is 307 cm³/mol. The number of hydrogen-bond donors (Lipinski definition) is 1. The van der Waals surface area contributed by atoms with E-state index in [9.17, 15) is 13.0 Å². The molecule has 0 bridgehead atoms. The van der Waals surface area contributed by atoms with E-state index in [0.717, 1.165) is 43.6 Å². The molecule has 10 rings (SSSR count). The standard InChI is InChI=1S/C66H63O3P2S/c1-64(54-40-36-52(37-41-54)50-70(57-24-10-4-11-25-57,58-26-12-5-13-27-58)59-28-14-6-15-29-59)48-22-23-49-65(2,66(64,3)56-44-46-63(47-45-56)72(67,68)69)55-42-38-53(39-43-55)51-71(60-30-16-7-17-31-60,61-32-18-8-19-33-61)62-34-20-9-21-35-62/h4-21,24-47H,22-23,48-51H2,1-3H3/q+1/p+1. The molecule has 3 nitrogen and oxygen atoms in total. The van der Waals surface area contributed by atoms with Crippen LogP contribution in [0.1, 0.15) is 74.3 Å². The minimum Gasteiger partial charge on any atom is -0.282 e. The van der Waals surface area contributed by atoms with E-state index in [1.54, 1.807) is 12.1 Å². The van der Waals surface area contributed by atoms with E-state index in [-0.39, 0.29) is 4.90 Å². The van der Waals surface area contributed by atoms with Gasteiger partial charge in [0.25, 0.3) is 10.1 Å². The highest BCUT2D eigenvalue weighted by Crippen LogP contribution is 2.63. The first-order valence-corrected chi connectivity index (χ1v) is 30.7. The van der Waals surface area contributed by atoms with Crippen LogP contribution in [0.3, 0.4) is 0 Å². The molecule has 9 aromatic rings. The molecule has 0 aliphatic heterocycles. The fourth-order valence-electron chi connectivity index (χ4n) is 12.6. The van der Waals surface area contributed by atoms with E-state index >= 15 is 0 Å². The highest BCUT2D eigenvalue weighted by Gasteiger charge is 2.59. The van der Waals surface area contributed by atoms with Crippen LogP contribution in [0, 0.1) is 0 Å². The number of rotatable bonds is 14. The molecule has 0 spiro atoms. The van der Waals surface area contributed by atoms with Crippen molar-refractivity contribution in [1.29, 1.82) is 0 Å². The van der Waals surface area contributed by atoms with Crippen molar-refractivity contribution in [3.05, 3.63) is 283 Å². The van der Waals surface area contributed by atoms with Crippen LogP contribution in [0.5, 0.6) is 0 Å². The molecule has 1 N–H and O–H groups in total. The van der Waals surface area contributed by atoms with Gasteiger partial charge in [0.2, 0.25) is 0 Å². The minimum absolute atomic E-state index is 0.0929. The summed E-state index contributed by atoms with van der Waals surface area (Å²) in [5, 5.41) is 8.15. The smallest absolute Gasteiger partial charge is 0.282 e. The summed E-state index contributed by atoms with van der Waals surface area (Å²) in [4.78, 5) is -0.0929. The van der Waals surface area contributed by atoms with Gasteiger partial charge in [-0.2, -0.15) is 8.42 Å². The molecule has 1 aliphatic rings. The quantitative estimate of drug-likeness (QED) is 0.0671. The van der Waals surface area contributed by atoms with Crippen LogP contribution >= 0.6 is 14.5 Å². The third kappa shape index (κ3) is 8.81. The van der Waals surface area contributed by atoms with Gasteiger partial charge in [0.15, 0.2) is 0 Å². The molecule has 9 aromatic carbocycles. The summed E-state index contributed by atoms with van der Waals surface area (Å²) in [5.41, 5.74) is 4.84. The van der Waals surface area contributed by atoms with Gasteiger partial charge in [-0.05, 0) is 126 Å². The SMILES string of the molecule is CC1(c2ccc(C[P+](c3ccccc3)(c3ccccc3)c3ccccc3)cc2)CCCCC(C)(c2ccc(C[P+](c3ccccc3)(c3ccccc3)c3ccccc3)cc2)C1(C)c1ccc(S(=O)(=O)O)cc1. The molecule has 1 saturated carbocycles. The van der Waals surface area contributed by atoms with Crippen molar-refractivity contribution in [2.45, 2.75) is 79.9 Å². The molecule has 1 aliphatic carbocycles. The molecular formula is C66H64O3P2S+2. The Morgan fingerprint density at radius 3 is 0.861 bits per heavy atom. The van der Waals surface area contributed by atoms with Gasteiger partial charge in [-0.25, -0.2) is 0 Å². The van der Waals surface area contributed by atoms with Crippen molar-refractivity contribution in [2.24, 2.45) is 0 Å². The molecule has 2 atom stereocenters. The van der Waals surface area contributed by atoms with Gasteiger partial charge in [0.1, 0.15) is 46.4 Å². The Labute approximate surface area is 429 Å². The Morgan fingerprint density at radius 1 is 0.361 bits per heavy atom. The zero-order valence-corrected chi connectivity index (χ0v) is 44.2. The van der Waals surface area contributed by atoms with Crippen molar-refractivity contribution >= 4 is 56.5 Å². The van der Waals surface area contributed by atoms with Crippen LogP contribution < -0.4 is 31.8 Å². The van der Waals surface area contributed by atoms with Gasteiger partial charge >= 0.3 is 0 Å². The van der Waals surface area contributed by atoms with Crippen LogP contribution in [-0.4, -0.2) is 13.0 Å². The Balaban J connectivity index is 1.08. The molecule has 360 valence electrons. The van der Waals surface area contributed by atoms with Gasteiger partial charge in [-0.15, -0.1) is 0 Å². The molecule has 6 heteroatoms. The maximum Gasteiger partial charge on any atom is 0.294 e. The predicted octanol–water partition coefficient (Wildman–Crippen LogP) is 13.7. The lowest BCUT2D eigenvalue weighted by Crippen LogP contribution is -2.56. The summed E-state index contributed by atoms with van der Waals surface area (Å²) in [7, 11) is -8.67. The molecule has 0 aromatic heterocycles. The zero-order chi connectivity index (χ0) is 49.9. The lowest BCUT2D eigenvalue weighted by atomic mass is 9.46. The second-order valence-electron chi connectivity index (χ2n) is 20.3. The first-order chi connectivity index (χ1) is 34.9. The Kier molecular flexibility index (Phi) is 13.9. The maximum absolute atomic E-state index is 12.5. The summed E-state index contributed by atoms with van der Waals surface area (Å²) in [6.07, 6.45) is 5.75. The first-order valence-electron chi connectivity index (χ1n) is 25.3. The molecule has 2 unspecified atom stereocenters. The monoisotopic (exact) mass is 998 g/mol. The number of benzene rings is 9. The molecule has 0 amide bonds. The van der Waals surface area contributed by atoms with Crippen molar-refractivity contribution < 1.29 is 13.0 Å².